The van der Waals surface area contributed by atoms with Gasteiger partial charge in [-0.15, -0.1) is 0 Å². The molecule has 2 aromatic rings. The fourth-order valence-corrected chi connectivity index (χ4v) is 2.67. The highest BCUT2D eigenvalue weighted by atomic mass is 35.5. The van der Waals surface area contributed by atoms with Gasteiger partial charge in [0, 0.05) is 22.5 Å². The van der Waals surface area contributed by atoms with Crippen LogP contribution in [0, 0.1) is 0 Å². The minimum absolute atomic E-state index is 0.361. The van der Waals surface area contributed by atoms with Gasteiger partial charge in [-0.1, -0.05) is 53.5 Å². The molecule has 0 aliphatic carbocycles. The number of rotatable bonds is 5. The van der Waals surface area contributed by atoms with E-state index >= 15 is 0 Å². The third kappa shape index (κ3) is 3.97. The van der Waals surface area contributed by atoms with E-state index in [9.17, 15) is 0 Å². The fourth-order valence-electron chi connectivity index (χ4n) is 2.25. The van der Waals surface area contributed by atoms with Crippen molar-refractivity contribution in [3.05, 3.63) is 69.7 Å². The minimum Gasteiger partial charge on any atom is -0.319 e. The van der Waals surface area contributed by atoms with E-state index in [2.05, 4.69) is 23.5 Å². The molecule has 1 N–H and O–H groups in total. The lowest BCUT2D eigenvalue weighted by Crippen LogP contribution is -2.19. The van der Waals surface area contributed by atoms with Crippen LogP contribution in [0.3, 0.4) is 0 Å². The molecular formula is C16H17Cl2N. The molecule has 2 rings (SSSR count). The topological polar surface area (TPSA) is 12.0 Å². The Bertz CT molecular complexity index is 523. The summed E-state index contributed by atoms with van der Waals surface area (Å²) in [5.41, 5.74) is 2.46. The first-order chi connectivity index (χ1) is 9.20. The molecular weight excluding hydrogens is 277 g/mol. The molecule has 0 aliphatic heterocycles. The normalized spacial score (nSPS) is 12.4. The van der Waals surface area contributed by atoms with Gasteiger partial charge in [0.2, 0.25) is 0 Å². The molecule has 0 bridgehead atoms. The average Bonchev–Trinajstić information content (AvgIpc) is 2.41. The molecule has 0 aliphatic rings. The molecule has 0 spiro atoms. The summed E-state index contributed by atoms with van der Waals surface area (Å²) in [4.78, 5) is 0. The highest BCUT2D eigenvalue weighted by molar-refractivity contribution is 6.31. The summed E-state index contributed by atoms with van der Waals surface area (Å²) >= 11 is 12.2. The van der Waals surface area contributed by atoms with Crippen LogP contribution in [0.15, 0.2) is 48.5 Å². The zero-order valence-electron chi connectivity index (χ0n) is 10.9. The van der Waals surface area contributed by atoms with E-state index < -0.39 is 0 Å². The van der Waals surface area contributed by atoms with Crippen molar-refractivity contribution in [2.75, 3.05) is 13.6 Å². The number of halogens is 2. The molecule has 1 nitrogen and oxygen atoms in total. The Hall–Kier alpha value is -1.02. The van der Waals surface area contributed by atoms with Crippen molar-refractivity contribution in [1.29, 1.82) is 0 Å². The summed E-state index contributed by atoms with van der Waals surface area (Å²) in [6.07, 6.45) is 0.946. The Labute approximate surface area is 124 Å². The van der Waals surface area contributed by atoms with Crippen LogP contribution in [0.4, 0.5) is 0 Å². The third-order valence-corrected chi connectivity index (χ3v) is 3.79. The smallest absolute Gasteiger partial charge is 0.0441 e. The molecule has 0 saturated carbocycles. The SMILES string of the molecule is CNCC(Cc1ccc(Cl)cc1)c1ccccc1Cl. The van der Waals surface area contributed by atoms with Gasteiger partial charge in [-0.2, -0.15) is 0 Å². The van der Waals surface area contributed by atoms with Gasteiger partial charge >= 0.3 is 0 Å². The molecule has 0 heterocycles. The van der Waals surface area contributed by atoms with E-state index in [-0.39, 0.29) is 0 Å². The summed E-state index contributed by atoms with van der Waals surface area (Å²) in [6, 6.07) is 16.0. The molecule has 0 amide bonds. The predicted octanol–water partition coefficient (Wildman–Crippen LogP) is 4.54. The molecule has 1 atom stereocenters. The first-order valence-corrected chi connectivity index (χ1v) is 7.09. The van der Waals surface area contributed by atoms with Crippen LogP contribution in [0.1, 0.15) is 17.0 Å². The van der Waals surface area contributed by atoms with Crippen molar-refractivity contribution >= 4 is 23.2 Å². The lowest BCUT2D eigenvalue weighted by molar-refractivity contribution is 0.626. The van der Waals surface area contributed by atoms with Crippen LogP contribution in [0.2, 0.25) is 10.0 Å². The van der Waals surface area contributed by atoms with Crippen molar-refractivity contribution in [3.8, 4) is 0 Å². The van der Waals surface area contributed by atoms with Crippen LogP contribution in [0.25, 0.3) is 0 Å². The summed E-state index contributed by atoms with van der Waals surface area (Å²) in [6.45, 7) is 0.895. The first-order valence-electron chi connectivity index (χ1n) is 6.34. The van der Waals surface area contributed by atoms with Crippen molar-refractivity contribution in [2.45, 2.75) is 12.3 Å². The first kappa shape index (κ1) is 14.4. The second kappa shape index (κ2) is 6.95. The standard InChI is InChI=1S/C16H17Cl2N/c1-19-11-13(15-4-2-3-5-16(15)18)10-12-6-8-14(17)9-7-12/h2-9,13,19H,10-11H2,1H3. The molecule has 0 radical (unpaired) electrons. The van der Waals surface area contributed by atoms with E-state index in [1.165, 1.54) is 11.1 Å². The van der Waals surface area contributed by atoms with Crippen LogP contribution < -0.4 is 5.32 Å². The van der Waals surface area contributed by atoms with E-state index in [0.717, 1.165) is 23.0 Å². The summed E-state index contributed by atoms with van der Waals surface area (Å²) in [7, 11) is 1.96. The Morgan fingerprint density at radius 2 is 1.68 bits per heavy atom. The van der Waals surface area contributed by atoms with E-state index in [4.69, 9.17) is 23.2 Å². The molecule has 2 aromatic carbocycles. The predicted molar refractivity (Wildman–Crippen MR) is 83.3 cm³/mol. The molecule has 3 heteroatoms. The summed E-state index contributed by atoms with van der Waals surface area (Å²) in [5, 5.41) is 4.84. The largest absolute Gasteiger partial charge is 0.319 e. The fraction of sp³-hybridized carbons (Fsp3) is 0.250. The Morgan fingerprint density at radius 1 is 1.00 bits per heavy atom. The quantitative estimate of drug-likeness (QED) is 0.853. The van der Waals surface area contributed by atoms with Gasteiger partial charge in [-0.3, -0.25) is 0 Å². The maximum atomic E-state index is 6.30. The van der Waals surface area contributed by atoms with Gasteiger partial charge in [-0.25, -0.2) is 0 Å². The molecule has 1 unspecified atom stereocenters. The molecule has 0 saturated heterocycles. The van der Waals surface area contributed by atoms with Gasteiger partial charge in [-0.05, 0) is 42.8 Å². The van der Waals surface area contributed by atoms with Crippen LogP contribution in [-0.2, 0) is 6.42 Å². The number of likely N-dealkylation sites (N-methyl/N-ethyl adjacent to an activating group) is 1. The third-order valence-electron chi connectivity index (χ3n) is 3.19. The van der Waals surface area contributed by atoms with Crippen molar-refractivity contribution < 1.29 is 0 Å². The number of benzene rings is 2. The van der Waals surface area contributed by atoms with Gasteiger partial charge in [0.05, 0.1) is 0 Å². The lowest BCUT2D eigenvalue weighted by atomic mass is 9.92. The van der Waals surface area contributed by atoms with Gasteiger partial charge in [0.15, 0.2) is 0 Å². The Kier molecular flexibility index (Phi) is 5.26. The summed E-state index contributed by atoms with van der Waals surface area (Å²) < 4.78 is 0. The zero-order chi connectivity index (χ0) is 13.7. The Balaban J connectivity index is 2.21. The molecule has 0 fully saturated rings. The van der Waals surface area contributed by atoms with Crippen LogP contribution >= 0.6 is 23.2 Å². The van der Waals surface area contributed by atoms with E-state index in [0.29, 0.717) is 5.92 Å². The van der Waals surface area contributed by atoms with Crippen LogP contribution in [-0.4, -0.2) is 13.6 Å². The monoisotopic (exact) mass is 293 g/mol. The number of hydrogen-bond acceptors (Lipinski definition) is 1. The minimum atomic E-state index is 0.361. The molecule has 100 valence electrons. The Morgan fingerprint density at radius 3 is 2.32 bits per heavy atom. The van der Waals surface area contributed by atoms with Gasteiger partial charge < -0.3 is 5.32 Å². The van der Waals surface area contributed by atoms with Crippen molar-refractivity contribution in [1.82, 2.24) is 5.32 Å². The summed E-state index contributed by atoms with van der Waals surface area (Å²) in [5.74, 6) is 0.361. The maximum absolute atomic E-state index is 6.30. The highest BCUT2D eigenvalue weighted by Crippen LogP contribution is 2.27. The van der Waals surface area contributed by atoms with Gasteiger partial charge in [0.25, 0.3) is 0 Å². The van der Waals surface area contributed by atoms with Gasteiger partial charge in [0.1, 0.15) is 0 Å². The number of hydrogen-bond donors (Lipinski definition) is 1. The lowest BCUT2D eigenvalue weighted by Gasteiger charge is -2.18. The second-order valence-corrected chi connectivity index (χ2v) is 5.45. The average molecular weight is 294 g/mol. The van der Waals surface area contributed by atoms with Crippen molar-refractivity contribution in [3.63, 3.8) is 0 Å². The second-order valence-electron chi connectivity index (χ2n) is 4.61. The molecule has 19 heavy (non-hydrogen) atoms. The molecule has 0 aromatic heterocycles. The van der Waals surface area contributed by atoms with Crippen molar-refractivity contribution in [2.24, 2.45) is 0 Å². The zero-order valence-corrected chi connectivity index (χ0v) is 12.4. The highest BCUT2D eigenvalue weighted by Gasteiger charge is 2.14. The maximum Gasteiger partial charge on any atom is 0.0441 e. The van der Waals surface area contributed by atoms with E-state index in [1.807, 2.05) is 37.4 Å². The number of nitrogens with one attached hydrogen (secondary N) is 1. The van der Waals surface area contributed by atoms with E-state index in [1.54, 1.807) is 0 Å². The van der Waals surface area contributed by atoms with Crippen LogP contribution in [0.5, 0.6) is 0 Å².